The number of carbonyl (C=O) groups is 2. The van der Waals surface area contributed by atoms with Crippen LogP contribution < -0.4 is 21.3 Å². The molecular weight excluding hydrogens is 419 g/mol. The molecule has 1 aliphatic heterocycles. The molecule has 1 fully saturated rings. The van der Waals surface area contributed by atoms with Crippen LogP contribution in [0.1, 0.15) is 36.4 Å². The molecule has 33 heavy (non-hydrogen) atoms. The van der Waals surface area contributed by atoms with E-state index in [0.29, 0.717) is 30.9 Å². The van der Waals surface area contributed by atoms with E-state index in [1.807, 2.05) is 36.4 Å². The third-order valence-corrected chi connectivity index (χ3v) is 5.72. The van der Waals surface area contributed by atoms with Crippen LogP contribution in [0.4, 0.5) is 21.5 Å². The Morgan fingerprint density at radius 1 is 1.00 bits per heavy atom. The average molecular weight is 447 g/mol. The van der Waals surface area contributed by atoms with Gasteiger partial charge < -0.3 is 21.3 Å². The van der Waals surface area contributed by atoms with E-state index in [2.05, 4.69) is 10.6 Å². The van der Waals surface area contributed by atoms with E-state index < -0.39 is 17.8 Å². The summed E-state index contributed by atoms with van der Waals surface area (Å²) in [5.41, 5.74) is 8.90. The Balaban J connectivity index is 1.55. The van der Waals surface area contributed by atoms with Crippen molar-refractivity contribution in [1.82, 2.24) is 0 Å². The van der Waals surface area contributed by atoms with Gasteiger partial charge in [0.05, 0.1) is 0 Å². The number of piperidine rings is 1. The van der Waals surface area contributed by atoms with Crippen molar-refractivity contribution in [3.05, 3.63) is 89.7 Å². The van der Waals surface area contributed by atoms with Crippen LogP contribution in [-0.2, 0) is 16.1 Å². The van der Waals surface area contributed by atoms with Crippen molar-refractivity contribution >= 4 is 28.9 Å². The van der Waals surface area contributed by atoms with Gasteiger partial charge in [0.1, 0.15) is 11.9 Å². The smallest absolute Gasteiger partial charge is 0.251 e. The zero-order valence-electron chi connectivity index (χ0n) is 18.3. The van der Waals surface area contributed by atoms with Gasteiger partial charge >= 0.3 is 0 Å². The minimum atomic E-state index is -0.956. The standard InChI is InChI=1S/C26H27FN4O2/c27-23-9-2-1-8-22(23)25(29-20-7-5-6-18(16-20)17-28)26(33)30-19-11-13-21(14-12-19)31-15-4-3-10-24(31)32/h1-2,5-9,11-14,16,25,29H,3-4,10,15,17,28H2,(H,30,33). The quantitative estimate of drug-likeness (QED) is 0.495. The molecule has 7 heteroatoms. The van der Waals surface area contributed by atoms with Gasteiger partial charge in [-0.2, -0.15) is 0 Å². The maximum Gasteiger partial charge on any atom is 0.251 e. The SMILES string of the molecule is NCc1cccc(NC(C(=O)Nc2ccc(N3CCCCC3=O)cc2)c2ccccc2F)c1. The number of carbonyl (C=O) groups excluding carboxylic acids is 2. The van der Waals surface area contributed by atoms with Crippen molar-refractivity contribution in [3.63, 3.8) is 0 Å². The molecule has 4 rings (SSSR count). The number of amides is 2. The highest BCUT2D eigenvalue weighted by Crippen LogP contribution is 2.26. The fourth-order valence-electron chi connectivity index (χ4n) is 3.97. The number of hydrogen-bond acceptors (Lipinski definition) is 4. The van der Waals surface area contributed by atoms with Gasteiger partial charge in [-0.3, -0.25) is 9.59 Å². The third-order valence-electron chi connectivity index (χ3n) is 5.72. The van der Waals surface area contributed by atoms with Crippen molar-refractivity contribution in [1.29, 1.82) is 0 Å². The molecule has 6 nitrogen and oxygen atoms in total. The summed E-state index contributed by atoms with van der Waals surface area (Å²) >= 11 is 0. The zero-order valence-corrected chi connectivity index (χ0v) is 18.3. The number of nitrogens with one attached hydrogen (secondary N) is 2. The molecule has 1 aliphatic rings. The van der Waals surface area contributed by atoms with Crippen LogP contribution >= 0.6 is 0 Å². The predicted molar refractivity (Wildman–Crippen MR) is 128 cm³/mol. The topological polar surface area (TPSA) is 87.5 Å². The Morgan fingerprint density at radius 3 is 2.52 bits per heavy atom. The number of hydrogen-bond donors (Lipinski definition) is 3. The second kappa shape index (κ2) is 10.3. The number of rotatable bonds is 7. The number of nitrogens with two attached hydrogens (primary N) is 1. The largest absolute Gasteiger partial charge is 0.370 e. The molecule has 1 heterocycles. The van der Waals surface area contributed by atoms with Gasteiger partial charge in [0.25, 0.3) is 5.91 Å². The van der Waals surface area contributed by atoms with Crippen LogP contribution in [0.2, 0.25) is 0 Å². The van der Waals surface area contributed by atoms with Gasteiger partial charge in [0, 0.05) is 42.1 Å². The summed E-state index contributed by atoms with van der Waals surface area (Å²) in [7, 11) is 0. The summed E-state index contributed by atoms with van der Waals surface area (Å²) in [6, 6.07) is 19.8. The molecule has 1 saturated heterocycles. The molecule has 170 valence electrons. The van der Waals surface area contributed by atoms with Crippen LogP contribution in [-0.4, -0.2) is 18.4 Å². The van der Waals surface area contributed by atoms with Crippen molar-refractivity contribution in [2.75, 3.05) is 22.1 Å². The first-order valence-electron chi connectivity index (χ1n) is 11.1. The van der Waals surface area contributed by atoms with Gasteiger partial charge in [0.2, 0.25) is 5.91 Å². The molecule has 0 spiro atoms. The van der Waals surface area contributed by atoms with Crippen molar-refractivity contribution < 1.29 is 14.0 Å². The van der Waals surface area contributed by atoms with Crippen LogP contribution in [0.15, 0.2) is 72.8 Å². The monoisotopic (exact) mass is 446 g/mol. The number of benzene rings is 3. The first-order chi connectivity index (χ1) is 16.0. The van der Waals surface area contributed by atoms with Crippen molar-refractivity contribution in [3.8, 4) is 0 Å². The van der Waals surface area contributed by atoms with Gasteiger partial charge in [-0.05, 0) is 60.9 Å². The van der Waals surface area contributed by atoms with E-state index in [4.69, 9.17) is 5.73 Å². The minimum Gasteiger partial charge on any atom is -0.370 e. The van der Waals surface area contributed by atoms with E-state index in [-0.39, 0.29) is 11.5 Å². The minimum absolute atomic E-state index is 0.113. The van der Waals surface area contributed by atoms with Crippen LogP contribution in [0, 0.1) is 5.82 Å². The molecule has 1 atom stereocenters. The summed E-state index contributed by atoms with van der Waals surface area (Å²) in [4.78, 5) is 27.2. The van der Waals surface area contributed by atoms with Gasteiger partial charge in [0.15, 0.2) is 0 Å². The maximum atomic E-state index is 14.6. The molecule has 0 radical (unpaired) electrons. The Hall–Kier alpha value is -3.71. The van der Waals surface area contributed by atoms with Crippen LogP contribution in [0.3, 0.4) is 0 Å². The molecule has 0 bridgehead atoms. The molecule has 3 aromatic rings. The lowest BCUT2D eigenvalue weighted by Gasteiger charge is -2.27. The molecule has 2 amide bonds. The van der Waals surface area contributed by atoms with Crippen LogP contribution in [0.25, 0.3) is 0 Å². The molecular formula is C26H27FN4O2. The molecule has 0 aromatic heterocycles. The van der Waals surface area contributed by atoms with Crippen LogP contribution in [0.5, 0.6) is 0 Å². The summed E-state index contributed by atoms with van der Waals surface area (Å²) < 4.78 is 14.6. The Morgan fingerprint density at radius 2 is 1.79 bits per heavy atom. The Bertz CT molecular complexity index is 1130. The average Bonchev–Trinajstić information content (AvgIpc) is 2.84. The van der Waals surface area contributed by atoms with E-state index >= 15 is 0 Å². The summed E-state index contributed by atoms with van der Waals surface area (Å²) in [5, 5.41) is 6.00. The lowest BCUT2D eigenvalue weighted by atomic mass is 10.0. The molecule has 0 saturated carbocycles. The maximum absolute atomic E-state index is 14.6. The number of halogens is 1. The number of nitrogens with zero attached hydrogens (tertiary/aromatic N) is 1. The second-order valence-electron chi connectivity index (χ2n) is 8.04. The highest BCUT2D eigenvalue weighted by atomic mass is 19.1. The van der Waals surface area contributed by atoms with E-state index in [0.717, 1.165) is 24.1 Å². The first kappa shape index (κ1) is 22.5. The van der Waals surface area contributed by atoms with Crippen molar-refractivity contribution in [2.24, 2.45) is 5.73 Å². The number of anilines is 3. The van der Waals surface area contributed by atoms with Gasteiger partial charge in [-0.25, -0.2) is 4.39 Å². The molecule has 0 aliphatic carbocycles. The fourth-order valence-corrected chi connectivity index (χ4v) is 3.97. The first-order valence-corrected chi connectivity index (χ1v) is 11.1. The summed E-state index contributed by atoms with van der Waals surface area (Å²) in [5.74, 6) is -0.763. The lowest BCUT2D eigenvalue weighted by molar-refractivity contribution is -0.119. The zero-order chi connectivity index (χ0) is 23.2. The second-order valence-corrected chi connectivity index (χ2v) is 8.04. The summed E-state index contributed by atoms with van der Waals surface area (Å²) in [6.07, 6.45) is 2.45. The van der Waals surface area contributed by atoms with E-state index in [9.17, 15) is 14.0 Å². The lowest BCUT2D eigenvalue weighted by Crippen LogP contribution is -2.35. The van der Waals surface area contributed by atoms with Crippen molar-refractivity contribution in [2.45, 2.75) is 31.8 Å². The Labute approximate surface area is 192 Å². The highest BCUT2D eigenvalue weighted by molar-refractivity contribution is 5.98. The van der Waals surface area contributed by atoms with E-state index in [1.165, 1.54) is 6.07 Å². The Kier molecular flexibility index (Phi) is 7.00. The highest BCUT2D eigenvalue weighted by Gasteiger charge is 2.24. The predicted octanol–water partition coefficient (Wildman–Crippen LogP) is 4.59. The molecule has 3 aromatic carbocycles. The summed E-state index contributed by atoms with van der Waals surface area (Å²) in [6.45, 7) is 1.06. The third kappa shape index (κ3) is 5.38. The molecule has 4 N–H and O–H groups in total. The molecule has 1 unspecified atom stereocenters. The fraction of sp³-hybridized carbons (Fsp3) is 0.231. The van der Waals surface area contributed by atoms with Gasteiger partial charge in [-0.1, -0.05) is 30.3 Å². The van der Waals surface area contributed by atoms with Gasteiger partial charge in [-0.15, -0.1) is 0 Å². The van der Waals surface area contributed by atoms with E-state index in [1.54, 1.807) is 35.2 Å². The normalized spacial score (nSPS) is 14.6.